The number of esters is 1. The highest BCUT2D eigenvalue weighted by Crippen LogP contribution is 2.36. The second-order valence-corrected chi connectivity index (χ2v) is 6.68. The third kappa shape index (κ3) is 3.76. The Balaban J connectivity index is 1.50. The molecular weight excluding hydrogens is 270 g/mol. The predicted octanol–water partition coefficient (Wildman–Crippen LogP) is 1.79. The Morgan fingerprint density at radius 2 is 2.14 bits per heavy atom. The van der Waals surface area contributed by atoms with Crippen LogP contribution in [0.15, 0.2) is 0 Å². The zero-order chi connectivity index (χ0) is 14.7. The Kier molecular flexibility index (Phi) is 4.82. The molecule has 1 N–H and O–H groups in total. The van der Waals surface area contributed by atoms with E-state index in [0.29, 0.717) is 12.6 Å². The molecule has 3 rings (SSSR count). The van der Waals surface area contributed by atoms with Crippen molar-refractivity contribution in [3.05, 3.63) is 0 Å². The molecule has 3 unspecified atom stereocenters. The predicted molar refractivity (Wildman–Crippen MR) is 78.1 cm³/mol. The lowest BCUT2D eigenvalue weighted by molar-refractivity contribution is -0.149. The average Bonchev–Trinajstić information content (AvgIpc) is 3.23. The van der Waals surface area contributed by atoms with Crippen LogP contribution >= 0.6 is 0 Å². The van der Waals surface area contributed by atoms with Crippen molar-refractivity contribution < 1.29 is 19.0 Å². The topological polar surface area (TPSA) is 56.8 Å². The van der Waals surface area contributed by atoms with Crippen molar-refractivity contribution in [3.63, 3.8) is 0 Å². The molecule has 1 aliphatic heterocycles. The molecule has 0 amide bonds. The maximum Gasteiger partial charge on any atom is 0.326 e. The summed E-state index contributed by atoms with van der Waals surface area (Å²) in [6.07, 6.45) is 8.65. The van der Waals surface area contributed by atoms with Crippen LogP contribution in [-0.4, -0.2) is 50.1 Å². The minimum atomic E-state index is -0.520. The van der Waals surface area contributed by atoms with Crippen LogP contribution in [-0.2, 0) is 19.0 Å². The summed E-state index contributed by atoms with van der Waals surface area (Å²) in [6.45, 7) is 1.51. The van der Waals surface area contributed by atoms with Crippen LogP contribution < -0.4 is 5.32 Å². The molecule has 3 atom stereocenters. The van der Waals surface area contributed by atoms with Crippen LogP contribution in [0.4, 0.5) is 0 Å². The number of hydrogen-bond donors (Lipinski definition) is 1. The van der Waals surface area contributed by atoms with Gasteiger partial charge in [-0.2, -0.15) is 0 Å². The van der Waals surface area contributed by atoms with Crippen LogP contribution in [0.25, 0.3) is 0 Å². The van der Waals surface area contributed by atoms with Gasteiger partial charge in [0.25, 0.3) is 0 Å². The quantitative estimate of drug-likeness (QED) is 0.758. The van der Waals surface area contributed by atoms with E-state index in [0.717, 1.165) is 38.7 Å². The lowest BCUT2D eigenvalue weighted by Gasteiger charge is -2.28. The van der Waals surface area contributed by atoms with Crippen molar-refractivity contribution in [2.24, 2.45) is 0 Å². The first-order valence-electron chi connectivity index (χ1n) is 8.31. The Hall–Kier alpha value is -0.650. The Morgan fingerprint density at radius 1 is 1.29 bits per heavy atom. The van der Waals surface area contributed by atoms with Gasteiger partial charge in [0.15, 0.2) is 0 Å². The lowest BCUT2D eigenvalue weighted by atomic mass is 9.97. The summed E-state index contributed by atoms with van der Waals surface area (Å²) in [4.78, 5) is 12.2. The molecule has 3 fully saturated rings. The molecule has 2 saturated carbocycles. The van der Waals surface area contributed by atoms with E-state index >= 15 is 0 Å². The van der Waals surface area contributed by atoms with Gasteiger partial charge in [0.1, 0.15) is 5.54 Å². The molecule has 0 aromatic rings. The van der Waals surface area contributed by atoms with Gasteiger partial charge >= 0.3 is 5.97 Å². The summed E-state index contributed by atoms with van der Waals surface area (Å²) < 4.78 is 16.7. The van der Waals surface area contributed by atoms with Crippen molar-refractivity contribution in [2.45, 2.75) is 75.2 Å². The average molecular weight is 297 g/mol. The van der Waals surface area contributed by atoms with E-state index in [-0.39, 0.29) is 18.2 Å². The molecule has 0 spiro atoms. The van der Waals surface area contributed by atoms with E-state index in [2.05, 4.69) is 5.32 Å². The van der Waals surface area contributed by atoms with Gasteiger partial charge in [-0.1, -0.05) is 0 Å². The Labute approximate surface area is 126 Å². The SMILES string of the molecule is COC(=O)C1(NC2CC2)CCC(OCC2CCCCO2)C1. The number of carbonyl (C=O) groups excluding carboxylic acids is 1. The molecule has 21 heavy (non-hydrogen) atoms. The largest absolute Gasteiger partial charge is 0.468 e. The van der Waals surface area contributed by atoms with Gasteiger partial charge in [0.2, 0.25) is 0 Å². The summed E-state index contributed by atoms with van der Waals surface area (Å²) >= 11 is 0. The third-order valence-electron chi connectivity index (χ3n) is 4.89. The lowest BCUT2D eigenvalue weighted by Crippen LogP contribution is -2.52. The monoisotopic (exact) mass is 297 g/mol. The van der Waals surface area contributed by atoms with Crippen molar-refractivity contribution in [3.8, 4) is 0 Å². The zero-order valence-corrected chi connectivity index (χ0v) is 12.9. The first-order valence-corrected chi connectivity index (χ1v) is 8.31. The number of ether oxygens (including phenoxy) is 3. The molecule has 1 heterocycles. The maximum absolute atomic E-state index is 12.2. The fraction of sp³-hybridized carbons (Fsp3) is 0.938. The molecule has 2 aliphatic carbocycles. The third-order valence-corrected chi connectivity index (χ3v) is 4.89. The summed E-state index contributed by atoms with van der Waals surface area (Å²) in [5, 5.41) is 3.50. The van der Waals surface area contributed by atoms with Crippen LogP contribution in [0, 0.1) is 0 Å². The summed E-state index contributed by atoms with van der Waals surface area (Å²) in [7, 11) is 1.47. The highest BCUT2D eigenvalue weighted by molar-refractivity contribution is 5.81. The molecule has 5 heteroatoms. The summed E-state index contributed by atoms with van der Waals surface area (Å²) in [5.41, 5.74) is -0.520. The minimum absolute atomic E-state index is 0.130. The van der Waals surface area contributed by atoms with Crippen molar-refractivity contribution in [1.82, 2.24) is 5.32 Å². The van der Waals surface area contributed by atoms with Gasteiger partial charge in [0.05, 0.1) is 25.9 Å². The number of carbonyl (C=O) groups is 1. The van der Waals surface area contributed by atoms with E-state index in [1.807, 2.05) is 0 Å². The van der Waals surface area contributed by atoms with Crippen molar-refractivity contribution in [1.29, 1.82) is 0 Å². The highest BCUT2D eigenvalue weighted by Gasteiger charge is 2.49. The van der Waals surface area contributed by atoms with E-state index in [1.54, 1.807) is 0 Å². The van der Waals surface area contributed by atoms with Gasteiger partial charge in [0, 0.05) is 19.1 Å². The van der Waals surface area contributed by atoms with Crippen LogP contribution in [0.5, 0.6) is 0 Å². The molecule has 0 bridgehead atoms. The van der Waals surface area contributed by atoms with E-state index in [1.165, 1.54) is 26.4 Å². The molecule has 1 saturated heterocycles. The standard InChI is InChI=1S/C16H27NO4/c1-19-15(18)16(17-12-5-6-12)8-7-13(10-16)21-11-14-4-2-3-9-20-14/h12-14,17H,2-11H2,1H3. The molecule has 0 aromatic heterocycles. The fourth-order valence-electron chi connectivity index (χ4n) is 3.51. The van der Waals surface area contributed by atoms with Crippen LogP contribution in [0.2, 0.25) is 0 Å². The van der Waals surface area contributed by atoms with Gasteiger partial charge in [-0.05, 0) is 44.9 Å². The normalized spacial score (nSPS) is 36.6. The zero-order valence-electron chi connectivity index (χ0n) is 12.9. The summed E-state index contributed by atoms with van der Waals surface area (Å²) in [6, 6.07) is 0.490. The molecule has 120 valence electrons. The molecule has 3 aliphatic rings. The first-order chi connectivity index (χ1) is 10.2. The Bertz CT molecular complexity index is 365. The van der Waals surface area contributed by atoms with Gasteiger partial charge in [-0.25, -0.2) is 0 Å². The number of hydrogen-bond acceptors (Lipinski definition) is 5. The van der Waals surface area contributed by atoms with Crippen molar-refractivity contribution in [2.75, 3.05) is 20.3 Å². The first kappa shape index (κ1) is 15.3. The highest BCUT2D eigenvalue weighted by atomic mass is 16.5. The van der Waals surface area contributed by atoms with E-state index in [4.69, 9.17) is 14.2 Å². The molecule has 0 aromatic carbocycles. The maximum atomic E-state index is 12.2. The van der Waals surface area contributed by atoms with Crippen LogP contribution in [0.3, 0.4) is 0 Å². The van der Waals surface area contributed by atoms with Crippen LogP contribution in [0.1, 0.15) is 51.4 Å². The van der Waals surface area contributed by atoms with Gasteiger partial charge < -0.3 is 14.2 Å². The van der Waals surface area contributed by atoms with E-state index < -0.39 is 5.54 Å². The Morgan fingerprint density at radius 3 is 2.81 bits per heavy atom. The molecular formula is C16H27NO4. The molecule has 5 nitrogen and oxygen atoms in total. The van der Waals surface area contributed by atoms with Gasteiger partial charge in [-0.15, -0.1) is 0 Å². The second kappa shape index (κ2) is 6.63. The van der Waals surface area contributed by atoms with E-state index in [9.17, 15) is 4.79 Å². The number of nitrogens with one attached hydrogen (secondary N) is 1. The fourth-order valence-corrected chi connectivity index (χ4v) is 3.51. The minimum Gasteiger partial charge on any atom is -0.468 e. The summed E-state index contributed by atoms with van der Waals surface area (Å²) in [5.74, 6) is -0.130. The van der Waals surface area contributed by atoms with Gasteiger partial charge in [-0.3, -0.25) is 10.1 Å². The number of rotatable bonds is 6. The number of methoxy groups -OCH3 is 1. The molecule has 0 radical (unpaired) electrons. The van der Waals surface area contributed by atoms with Crippen molar-refractivity contribution >= 4 is 5.97 Å². The smallest absolute Gasteiger partial charge is 0.326 e. The second-order valence-electron chi connectivity index (χ2n) is 6.68.